The number of ether oxygens (including phenoxy) is 1. The van der Waals surface area contributed by atoms with Crippen molar-refractivity contribution in [3.05, 3.63) is 60.8 Å². The minimum atomic E-state index is -0.795. The molecule has 56 heavy (non-hydrogen) atoms. The third-order valence-corrected chi connectivity index (χ3v) is 10.4. The Morgan fingerprint density at radius 2 is 0.946 bits per heavy atom. The van der Waals surface area contributed by atoms with Gasteiger partial charge in [0.25, 0.3) is 0 Å². The monoisotopic (exact) mass is 784 g/mol. The Bertz CT molecular complexity index is 1010. The third kappa shape index (κ3) is 38.4. The largest absolute Gasteiger partial charge is 0.462 e. The van der Waals surface area contributed by atoms with Gasteiger partial charge < -0.3 is 20.3 Å². The van der Waals surface area contributed by atoms with E-state index in [2.05, 4.69) is 86.8 Å². The first-order valence-corrected chi connectivity index (χ1v) is 23.5. The van der Waals surface area contributed by atoms with E-state index < -0.39 is 18.2 Å². The van der Waals surface area contributed by atoms with Crippen molar-refractivity contribution in [2.75, 3.05) is 6.61 Å². The fraction of sp³-hybridized carbons (Fsp3) is 0.760. The summed E-state index contributed by atoms with van der Waals surface area (Å²) in [5.74, 6) is -0.546. The van der Waals surface area contributed by atoms with Crippen LogP contribution in [-0.2, 0) is 14.3 Å². The van der Waals surface area contributed by atoms with Crippen molar-refractivity contribution >= 4 is 11.9 Å². The highest BCUT2D eigenvalue weighted by atomic mass is 16.5. The van der Waals surface area contributed by atoms with Gasteiger partial charge in [0.1, 0.15) is 6.10 Å². The van der Waals surface area contributed by atoms with Crippen molar-refractivity contribution in [2.45, 2.75) is 238 Å². The Morgan fingerprint density at radius 1 is 0.536 bits per heavy atom. The molecule has 0 heterocycles. The summed E-state index contributed by atoms with van der Waals surface area (Å²) in [4.78, 5) is 25.9. The van der Waals surface area contributed by atoms with Crippen molar-refractivity contribution in [3.8, 4) is 0 Å². The topological polar surface area (TPSA) is 95.9 Å². The van der Waals surface area contributed by atoms with Gasteiger partial charge in [-0.2, -0.15) is 0 Å². The Kier molecular flexibility index (Phi) is 41.8. The Balaban J connectivity index is 4.61. The maximum absolute atomic E-state index is 13.1. The summed E-state index contributed by atoms with van der Waals surface area (Å²) in [6, 6.07) is -0.710. The molecule has 6 nitrogen and oxygen atoms in total. The van der Waals surface area contributed by atoms with Crippen LogP contribution in [0.1, 0.15) is 220 Å². The van der Waals surface area contributed by atoms with Crippen LogP contribution in [-0.4, -0.2) is 46.9 Å². The lowest BCUT2D eigenvalue weighted by Gasteiger charge is -2.24. The Morgan fingerprint density at radius 3 is 1.39 bits per heavy atom. The maximum atomic E-state index is 13.1. The number of rotatable bonds is 41. The predicted molar refractivity (Wildman–Crippen MR) is 241 cm³/mol. The second-order valence-electron chi connectivity index (χ2n) is 15.8. The predicted octanol–water partition coefficient (Wildman–Crippen LogP) is 13.7. The van der Waals surface area contributed by atoms with E-state index in [1.807, 2.05) is 0 Å². The maximum Gasteiger partial charge on any atom is 0.306 e. The van der Waals surface area contributed by atoms with Gasteiger partial charge in [-0.1, -0.05) is 204 Å². The van der Waals surface area contributed by atoms with Crippen LogP contribution in [0.25, 0.3) is 0 Å². The van der Waals surface area contributed by atoms with E-state index in [0.29, 0.717) is 25.7 Å². The number of unbranched alkanes of at least 4 members (excludes halogenated alkanes) is 19. The van der Waals surface area contributed by atoms with Gasteiger partial charge >= 0.3 is 5.97 Å². The zero-order valence-corrected chi connectivity index (χ0v) is 36.8. The molecule has 0 saturated heterocycles. The van der Waals surface area contributed by atoms with Crippen LogP contribution in [0.2, 0.25) is 0 Å². The molecule has 0 saturated carbocycles. The summed E-state index contributed by atoms with van der Waals surface area (Å²) in [6.45, 7) is 6.32. The van der Waals surface area contributed by atoms with Crippen molar-refractivity contribution in [3.63, 3.8) is 0 Å². The highest BCUT2D eigenvalue weighted by molar-refractivity contribution is 5.77. The second kappa shape index (κ2) is 43.7. The molecular weight excluding hydrogens is 695 g/mol. The number of hydrogen-bond donors (Lipinski definition) is 3. The molecule has 3 unspecified atom stereocenters. The molecule has 0 spiro atoms. The quantitative estimate of drug-likeness (QED) is 0.0326. The fourth-order valence-corrected chi connectivity index (χ4v) is 6.82. The molecule has 6 heteroatoms. The van der Waals surface area contributed by atoms with Crippen molar-refractivity contribution < 1.29 is 24.5 Å². The number of carbonyl (C=O) groups excluding carboxylic acids is 2. The van der Waals surface area contributed by atoms with Crippen LogP contribution >= 0.6 is 0 Å². The normalized spacial score (nSPS) is 13.9. The van der Waals surface area contributed by atoms with Crippen LogP contribution in [0.4, 0.5) is 0 Å². The number of esters is 1. The minimum absolute atomic E-state index is 0.0548. The number of aliphatic hydroxyl groups excluding tert-OH is 2. The molecule has 0 aliphatic heterocycles. The van der Waals surface area contributed by atoms with Gasteiger partial charge in [-0.25, -0.2) is 0 Å². The molecule has 0 aromatic carbocycles. The zero-order chi connectivity index (χ0) is 41.0. The molecule has 0 aliphatic rings. The lowest BCUT2D eigenvalue weighted by atomic mass is 10.0. The van der Waals surface area contributed by atoms with Gasteiger partial charge in [-0.05, 0) is 64.2 Å². The number of nitrogens with one attached hydrogen (secondary N) is 1. The Labute approximate surface area is 346 Å². The van der Waals surface area contributed by atoms with E-state index in [-0.39, 0.29) is 24.9 Å². The van der Waals surface area contributed by atoms with Crippen LogP contribution in [0.5, 0.6) is 0 Å². The van der Waals surface area contributed by atoms with Crippen LogP contribution < -0.4 is 5.32 Å². The molecule has 0 radical (unpaired) electrons. The molecule has 0 aromatic heterocycles. The summed E-state index contributed by atoms with van der Waals surface area (Å²) >= 11 is 0. The number of carbonyl (C=O) groups is 2. The first-order chi connectivity index (χ1) is 27.5. The number of aliphatic hydroxyl groups is 2. The van der Waals surface area contributed by atoms with Crippen molar-refractivity contribution in [2.24, 2.45) is 0 Å². The average molecular weight is 784 g/mol. The zero-order valence-electron chi connectivity index (χ0n) is 36.8. The number of amides is 1. The highest BCUT2D eigenvalue weighted by Crippen LogP contribution is 2.17. The first kappa shape index (κ1) is 53.6. The molecule has 3 N–H and O–H groups in total. The van der Waals surface area contributed by atoms with Crippen LogP contribution in [0, 0.1) is 0 Å². The number of allylic oxidation sites excluding steroid dienone is 10. The van der Waals surface area contributed by atoms with Gasteiger partial charge in [0.05, 0.1) is 25.2 Å². The fourth-order valence-electron chi connectivity index (χ4n) is 6.82. The van der Waals surface area contributed by atoms with Crippen molar-refractivity contribution in [1.82, 2.24) is 5.32 Å². The average Bonchev–Trinajstić information content (AvgIpc) is 3.19. The van der Waals surface area contributed by atoms with Gasteiger partial charge in [-0.15, -0.1) is 0 Å². The molecule has 0 fully saturated rings. The van der Waals surface area contributed by atoms with Crippen LogP contribution in [0.3, 0.4) is 0 Å². The summed E-state index contributed by atoms with van der Waals surface area (Å²) < 4.78 is 5.87. The molecule has 0 aromatic rings. The molecule has 0 rings (SSSR count). The van der Waals surface area contributed by atoms with E-state index in [1.54, 1.807) is 0 Å². The lowest BCUT2D eigenvalue weighted by Crippen LogP contribution is -2.46. The minimum Gasteiger partial charge on any atom is -0.462 e. The summed E-state index contributed by atoms with van der Waals surface area (Å²) in [7, 11) is 0. The smallest absolute Gasteiger partial charge is 0.306 e. The molecule has 0 bridgehead atoms. The van der Waals surface area contributed by atoms with E-state index in [1.165, 1.54) is 89.9 Å². The molecule has 3 atom stereocenters. The van der Waals surface area contributed by atoms with E-state index in [9.17, 15) is 19.8 Å². The summed E-state index contributed by atoms with van der Waals surface area (Å²) in [5.41, 5.74) is 0. The standard InChI is InChI=1S/C50H89NO5/c1-4-7-10-13-16-19-21-22-23-24-25-26-28-31-34-37-40-43-50(55)56-46(41-38-35-32-29-18-15-12-9-6-3)44-49(54)51-47(45-52)48(53)42-39-36-33-30-27-20-17-14-11-8-5-2/h7,10,16,19,22-23,25-26,31,34,46-48,52-53H,4-6,8-9,11-15,17-18,20-21,24,27-30,32-33,35-45H2,1-3H3,(H,51,54)/b10-7-,19-16-,23-22-,26-25-,34-31-. The molecular formula is C50H89NO5. The molecule has 0 aliphatic carbocycles. The van der Waals surface area contributed by atoms with Crippen molar-refractivity contribution in [1.29, 1.82) is 0 Å². The van der Waals surface area contributed by atoms with Gasteiger partial charge in [0.15, 0.2) is 0 Å². The summed E-state index contributed by atoms with van der Waals surface area (Å²) in [5, 5.41) is 23.6. The lowest BCUT2D eigenvalue weighted by molar-refractivity contribution is -0.151. The van der Waals surface area contributed by atoms with E-state index in [4.69, 9.17) is 4.74 Å². The van der Waals surface area contributed by atoms with Crippen LogP contribution in [0.15, 0.2) is 60.8 Å². The van der Waals surface area contributed by atoms with Gasteiger partial charge in [0.2, 0.25) is 5.91 Å². The third-order valence-electron chi connectivity index (χ3n) is 10.4. The highest BCUT2D eigenvalue weighted by Gasteiger charge is 2.24. The van der Waals surface area contributed by atoms with Gasteiger partial charge in [-0.3, -0.25) is 9.59 Å². The van der Waals surface area contributed by atoms with E-state index in [0.717, 1.165) is 77.0 Å². The first-order valence-electron chi connectivity index (χ1n) is 23.5. The number of hydrogen-bond acceptors (Lipinski definition) is 5. The molecule has 324 valence electrons. The van der Waals surface area contributed by atoms with E-state index >= 15 is 0 Å². The second-order valence-corrected chi connectivity index (χ2v) is 15.8. The van der Waals surface area contributed by atoms with Gasteiger partial charge in [0, 0.05) is 6.42 Å². The summed E-state index contributed by atoms with van der Waals surface area (Å²) in [6.07, 6.45) is 52.8. The Hall–Kier alpha value is -2.44. The SMILES string of the molecule is CC/C=C\C/C=C\C/C=C\C/C=C\C/C=C\CCCC(=O)OC(CCCCCCCCCCC)CC(=O)NC(CO)C(O)CCCCCCCCCCCCC. The molecule has 1 amide bonds.